The van der Waals surface area contributed by atoms with Gasteiger partial charge in [0, 0.05) is 42.7 Å². The third-order valence-electron chi connectivity index (χ3n) is 0. The van der Waals surface area contributed by atoms with Crippen molar-refractivity contribution in [1.29, 1.82) is 0 Å². The summed E-state index contributed by atoms with van der Waals surface area (Å²) in [4.78, 5) is 0. The minimum Gasteiger partial charge on any atom is -0.225 e. The molecule has 0 saturated heterocycles. The van der Waals surface area contributed by atoms with Gasteiger partial charge in [-0.3, -0.25) is 0 Å². The molecule has 0 saturated carbocycles. The Balaban J connectivity index is 0. The van der Waals surface area contributed by atoms with E-state index in [2.05, 4.69) is 42.7 Å². The van der Waals surface area contributed by atoms with Gasteiger partial charge in [0.25, 0.3) is 0 Å². The van der Waals surface area contributed by atoms with Crippen molar-refractivity contribution < 1.29 is 8.42 Å². The van der Waals surface area contributed by atoms with E-state index >= 15 is 0 Å². The first-order valence-corrected chi connectivity index (χ1v) is 6.55. The highest BCUT2D eigenvalue weighted by Crippen LogP contribution is 1.89. The Morgan fingerprint density at radius 3 is 0.750 bits per heavy atom. The standard InChI is InChI=1S/2Cl2OS/c2*1-4(2)3. The van der Waals surface area contributed by atoms with E-state index in [-0.39, 0.29) is 0 Å². The first-order valence-electron chi connectivity index (χ1n) is 0.951. The van der Waals surface area contributed by atoms with E-state index in [0.29, 0.717) is 0 Å². The van der Waals surface area contributed by atoms with Crippen LogP contribution in [-0.4, -0.2) is 8.42 Å². The van der Waals surface area contributed by atoms with Crippen LogP contribution in [-0.2, 0) is 18.5 Å². The average molecular weight is 238 g/mol. The fraction of sp³-hybridized carbons (Fsp3) is 0. The van der Waals surface area contributed by atoms with E-state index < -0.39 is 18.5 Å². The van der Waals surface area contributed by atoms with Crippen molar-refractivity contribution in [2.24, 2.45) is 0 Å². The summed E-state index contributed by atoms with van der Waals surface area (Å²) in [6.45, 7) is 0. The second-order valence-corrected chi connectivity index (χ2v) is 5.42. The molecule has 0 atom stereocenters. The molecule has 0 rings (SSSR count). The van der Waals surface area contributed by atoms with Crippen LogP contribution in [0.15, 0.2) is 0 Å². The van der Waals surface area contributed by atoms with Crippen molar-refractivity contribution in [3.63, 3.8) is 0 Å². The van der Waals surface area contributed by atoms with Crippen molar-refractivity contribution in [3.8, 4) is 0 Å². The molecule has 0 radical (unpaired) electrons. The molecule has 0 bridgehead atoms. The van der Waals surface area contributed by atoms with Gasteiger partial charge in [-0.05, 0) is 0 Å². The highest BCUT2D eigenvalue weighted by molar-refractivity contribution is 8.27. The van der Waals surface area contributed by atoms with Crippen LogP contribution in [0.2, 0.25) is 0 Å². The lowest BCUT2D eigenvalue weighted by molar-refractivity contribution is 0.697. The lowest BCUT2D eigenvalue weighted by Crippen LogP contribution is -1.41. The zero-order valence-corrected chi connectivity index (χ0v) is 7.80. The molecule has 8 heavy (non-hydrogen) atoms. The topological polar surface area (TPSA) is 34.1 Å². The Kier molecular flexibility index (Phi) is 12.9. The van der Waals surface area contributed by atoms with Crippen LogP contribution < -0.4 is 0 Å². The van der Waals surface area contributed by atoms with Gasteiger partial charge in [-0.25, -0.2) is 8.42 Å². The first-order chi connectivity index (χ1) is 3.46. The Morgan fingerprint density at radius 1 is 0.750 bits per heavy atom. The van der Waals surface area contributed by atoms with Gasteiger partial charge in [-0.15, -0.1) is 0 Å². The molecule has 0 aliphatic heterocycles. The average Bonchev–Trinajstić information content (AvgIpc) is 1.25. The number of hydrogen-bond acceptors (Lipinski definition) is 2. The van der Waals surface area contributed by atoms with E-state index in [0.717, 1.165) is 0 Å². The highest BCUT2D eigenvalue weighted by atomic mass is 36.0. The molecule has 0 N–H and O–H groups in total. The molecule has 0 heterocycles. The maximum Gasteiger partial charge on any atom is 0.211 e. The lowest BCUT2D eigenvalue weighted by atomic mass is 16.0. The van der Waals surface area contributed by atoms with Gasteiger partial charge in [0.05, 0.1) is 0 Å². The highest BCUT2D eigenvalue weighted by Gasteiger charge is 1.68. The Hall–Kier alpha value is 1.46. The van der Waals surface area contributed by atoms with Crippen LogP contribution in [0, 0.1) is 0 Å². The molecule has 0 aliphatic carbocycles. The van der Waals surface area contributed by atoms with E-state index in [1.165, 1.54) is 0 Å². The van der Waals surface area contributed by atoms with Crippen LogP contribution in [0.1, 0.15) is 0 Å². The molecule has 0 fully saturated rings. The normalized spacial score (nSPS) is 8.75. The molecule has 0 aromatic rings. The third kappa shape index (κ3) is 146. The summed E-state index contributed by atoms with van der Waals surface area (Å²) in [5.41, 5.74) is 0. The summed E-state index contributed by atoms with van der Waals surface area (Å²) < 4.78 is 18.2. The quantitative estimate of drug-likeness (QED) is 0.605. The van der Waals surface area contributed by atoms with Gasteiger partial charge < -0.3 is 0 Å². The van der Waals surface area contributed by atoms with E-state index in [1.807, 2.05) is 0 Å². The second-order valence-electron chi connectivity index (χ2n) is 0.369. The van der Waals surface area contributed by atoms with Gasteiger partial charge in [-0.2, -0.15) is 0 Å². The van der Waals surface area contributed by atoms with Crippen molar-refractivity contribution in [1.82, 2.24) is 0 Å². The van der Waals surface area contributed by atoms with E-state index in [1.54, 1.807) is 0 Å². The van der Waals surface area contributed by atoms with Crippen LogP contribution in [0.3, 0.4) is 0 Å². The van der Waals surface area contributed by atoms with Crippen LogP contribution in [0.5, 0.6) is 0 Å². The zero-order valence-electron chi connectivity index (χ0n) is 3.14. The molecule has 0 spiro atoms. The predicted molar refractivity (Wildman–Crippen MR) is 39.7 cm³/mol. The molecular formula is Cl4O2S2. The van der Waals surface area contributed by atoms with E-state index in [9.17, 15) is 0 Å². The van der Waals surface area contributed by atoms with Crippen molar-refractivity contribution in [2.75, 3.05) is 0 Å². The fourth-order valence-electron chi connectivity index (χ4n) is 0. The minimum atomic E-state index is -1.67. The van der Waals surface area contributed by atoms with Gasteiger partial charge in [-0.1, -0.05) is 0 Å². The molecule has 0 aromatic carbocycles. The van der Waals surface area contributed by atoms with Crippen molar-refractivity contribution in [2.45, 2.75) is 0 Å². The summed E-state index contributed by atoms with van der Waals surface area (Å²) in [6.07, 6.45) is 0. The van der Waals surface area contributed by atoms with Crippen molar-refractivity contribution in [3.05, 3.63) is 0 Å². The van der Waals surface area contributed by atoms with Gasteiger partial charge in [0.2, 0.25) is 18.5 Å². The lowest BCUT2D eigenvalue weighted by Gasteiger charge is -1.50. The van der Waals surface area contributed by atoms with Crippen molar-refractivity contribution >= 4 is 61.2 Å². The summed E-state index contributed by atoms with van der Waals surface area (Å²) in [5.74, 6) is 0. The summed E-state index contributed by atoms with van der Waals surface area (Å²) in [7, 11) is 14.7. The first kappa shape index (κ1) is 12.2. The zero-order chi connectivity index (χ0) is 7.15. The molecule has 2 nitrogen and oxygen atoms in total. The van der Waals surface area contributed by atoms with Crippen LogP contribution >= 0.6 is 42.7 Å². The maximum absolute atomic E-state index is 9.09. The SMILES string of the molecule is O=S(Cl)Cl.O=S(Cl)Cl. The van der Waals surface area contributed by atoms with Gasteiger partial charge >= 0.3 is 0 Å². The Morgan fingerprint density at radius 2 is 0.750 bits per heavy atom. The monoisotopic (exact) mass is 236 g/mol. The largest absolute Gasteiger partial charge is 0.225 e. The molecule has 0 unspecified atom stereocenters. The van der Waals surface area contributed by atoms with Gasteiger partial charge in [0.15, 0.2) is 0 Å². The molecule has 8 heteroatoms. The molecule has 0 aliphatic rings. The van der Waals surface area contributed by atoms with E-state index in [4.69, 9.17) is 8.42 Å². The number of halogens is 4. The van der Waals surface area contributed by atoms with Crippen LogP contribution in [0.25, 0.3) is 0 Å². The smallest absolute Gasteiger partial charge is 0.211 e. The molecular weight excluding hydrogens is 238 g/mol. The maximum atomic E-state index is 9.09. The van der Waals surface area contributed by atoms with Crippen LogP contribution in [0.4, 0.5) is 0 Å². The Bertz CT molecular complexity index is 70.0. The number of rotatable bonds is 0. The molecule has 52 valence electrons. The van der Waals surface area contributed by atoms with Gasteiger partial charge in [0.1, 0.15) is 0 Å². The third-order valence-corrected chi connectivity index (χ3v) is 0. The molecule has 0 amide bonds. The second kappa shape index (κ2) is 8.46. The Labute approximate surface area is 69.4 Å². The summed E-state index contributed by atoms with van der Waals surface area (Å²) >= 11 is 0. The number of hydrogen-bond donors (Lipinski definition) is 0. The fourth-order valence-corrected chi connectivity index (χ4v) is 0. The predicted octanol–water partition coefficient (Wildman–Crippen LogP) is 2.09. The minimum absolute atomic E-state index is 1.67. The summed E-state index contributed by atoms with van der Waals surface area (Å²) in [6, 6.07) is 0. The molecule has 0 aromatic heterocycles. The summed E-state index contributed by atoms with van der Waals surface area (Å²) in [5, 5.41) is 0.